The molecule has 0 aliphatic heterocycles. The van der Waals surface area contributed by atoms with Crippen LogP contribution in [0.4, 0.5) is 4.39 Å². The maximum atomic E-state index is 14.0. The summed E-state index contributed by atoms with van der Waals surface area (Å²) >= 11 is 10.6. The van der Waals surface area contributed by atoms with E-state index in [0.29, 0.717) is 15.8 Å². The topological polar surface area (TPSA) is 26.0 Å². The molecule has 19 heavy (non-hydrogen) atoms. The molecular weight excluding hydrogens is 349 g/mol. The summed E-state index contributed by atoms with van der Waals surface area (Å²) in [6, 6.07) is 12.9. The van der Waals surface area contributed by atoms with Gasteiger partial charge in [0.2, 0.25) is 0 Å². The van der Waals surface area contributed by atoms with Crippen LogP contribution in [0.5, 0.6) is 0 Å². The van der Waals surface area contributed by atoms with Gasteiger partial charge in [0.05, 0.1) is 5.02 Å². The van der Waals surface area contributed by atoms with Crippen LogP contribution < -0.4 is 5.73 Å². The van der Waals surface area contributed by atoms with E-state index >= 15 is 0 Å². The lowest BCUT2D eigenvalue weighted by atomic mass is 10.1. The molecule has 1 nitrogen and oxygen atoms in total. The first-order valence-electron chi connectivity index (χ1n) is 5.66. The summed E-state index contributed by atoms with van der Waals surface area (Å²) in [6.45, 7) is 0. The molecule has 0 heterocycles. The van der Waals surface area contributed by atoms with Crippen molar-refractivity contribution < 1.29 is 4.39 Å². The Balaban J connectivity index is 2.08. The van der Waals surface area contributed by atoms with E-state index in [4.69, 9.17) is 17.3 Å². The first-order chi connectivity index (χ1) is 9.09. The molecule has 2 N–H and O–H groups in total. The second-order valence-electron chi connectivity index (χ2n) is 4.00. The van der Waals surface area contributed by atoms with Gasteiger partial charge in [-0.25, -0.2) is 4.39 Å². The summed E-state index contributed by atoms with van der Waals surface area (Å²) in [5, 5.41) is 0.0812. The van der Waals surface area contributed by atoms with E-state index in [2.05, 4.69) is 15.9 Å². The SMILES string of the molecule is NC(CSc1ccccc1)c1ccc(Br)c(Cl)c1F. The molecule has 0 saturated heterocycles. The summed E-state index contributed by atoms with van der Waals surface area (Å²) in [5.74, 6) is 0.149. The first-order valence-corrected chi connectivity index (χ1v) is 7.82. The Morgan fingerprint density at radius 2 is 1.89 bits per heavy atom. The minimum absolute atomic E-state index is 0.0812. The zero-order chi connectivity index (χ0) is 13.8. The number of nitrogens with two attached hydrogens (primary N) is 1. The molecule has 0 aliphatic rings. The van der Waals surface area contributed by atoms with Crippen molar-refractivity contribution in [2.45, 2.75) is 10.9 Å². The predicted octanol–water partition coefficient (Wildman–Crippen LogP) is 5.03. The summed E-state index contributed by atoms with van der Waals surface area (Å²) in [5.41, 5.74) is 6.47. The van der Waals surface area contributed by atoms with Crippen LogP contribution in [0.3, 0.4) is 0 Å². The normalized spacial score (nSPS) is 12.4. The van der Waals surface area contributed by atoms with Crippen molar-refractivity contribution in [2.75, 3.05) is 5.75 Å². The molecule has 100 valence electrons. The van der Waals surface area contributed by atoms with Crippen LogP contribution in [-0.2, 0) is 0 Å². The van der Waals surface area contributed by atoms with E-state index < -0.39 is 11.9 Å². The molecule has 2 rings (SSSR count). The van der Waals surface area contributed by atoms with Crippen LogP contribution in [0, 0.1) is 5.82 Å². The fourth-order valence-corrected chi connectivity index (χ4v) is 3.00. The van der Waals surface area contributed by atoms with Crippen LogP contribution in [0.15, 0.2) is 51.8 Å². The van der Waals surface area contributed by atoms with Crippen LogP contribution >= 0.6 is 39.3 Å². The Morgan fingerprint density at radius 3 is 2.58 bits per heavy atom. The van der Waals surface area contributed by atoms with Gasteiger partial charge in [-0.1, -0.05) is 35.9 Å². The van der Waals surface area contributed by atoms with Gasteiger partial charge in [-0.05, 0) is 34.1 Å². The highest BCUT2D eigenvalue weighted by Gasteiger charge is 2.16. The summed E-state index contributed by atoms with van der Waals surface area (Å²) in [4.78, 5) is 1.11. The fourth-order valence-electron chi connectivity index (χ4n) is 1.62. The predicted molar refractivity (Wildman–Crippen MR) is 83.2 cm³/mol. The van der Waals surface area contributed by atoms with Crippen molar-refractivity contribution in [3.63, 3.8) is 0 Å². The largest absolute Gasteiger partial charge is 0.323 e. The van der Waals surface area contributed by atoms with E-state index in [-0.39, 0.29) is 5.02 Å². The van der Waals surface area contributed by atoms with Gasteiger partial charge < -0.3 is 5.73 Å². The Morgan fingerprint density at radius 1 is 1.21 bits per heavy atom. The number of halogens is 3. The zero-order valence-electron chi connectivity index (χ0n) is 9.95. The van der Waals surface area contributed by atoms with Gasteiger partial charge >= 0.3 is 0 Å². The highest BCUT2D eigenvalue weighted by atomic mass is 79.9. The van der Waals surface area contributed by atoms with Crippen molar-refractivity contribution >= 4 is 39.3 Å². The number of thioether (sulfide) groups is 1. The standard InChI is InChI=1S/C14H12BrClFNS/c15-11-7-6-10(14(17)13(11)16)12(18)8-19-9-4-2-1-3-5-9/h1-7,12H,8,18H2. The third kappa shape index (κ3) is 3.72. The molecule has 0 amide bonds. The summed E-state index contributed by atoms with van der Waals surface area (Å²) in [7, 11) is 0. The summed E-state index contributed by atoms with van der Waals surface area (Å²) in [6.07, 6.45) is 0. The molecule has 0 spiro atoms. The van der Waals surface area contributed by atoms with Crippen LogP contribution in [0.2, 0.25) is 5.02 Å². The van der Waals surface area contributed by atoms with Crippen molar-refractivity contribution in [1.82, 2.24) is 0 Å². The third-order valence-electron chi connectivity index (χ3n) is 2.64. The quantitative estimate of drug-likeness (QED) is 0.611. The van der Waals surface area contributed by atoms with E-state index in [1.807, 2.05) is 30.3 Å². The van der Waals surface area contributed by atoms with E-state index in [1.165, 1.54) is 0 Å². The van der Waals surface area contributed by atoms with Gasteiger partial charge in [-0.3, -0.25) is 0 Å². The zero-order valence-corrected chi connectivity index (χ0v) is 13.1. The van der Waals surface area contributed by atoms with Crippen molar-refractivity contribution in [3.8, 4) is 0 Å². The molecule has 5 heteroatoms. The monoisotopic (exact) mass is 359 g/mol. The Bertz CT molecular complexity index is 565. The molecule has 0 saturated carbocycles. The lowest BCUT2D eigenvalue weighted by Gasteiger charge is -2.14. The van der Waals surface area contributed by atoms with Gasteiger partial charge in [0, 0.05) is 26.7 Å². The van der Waals surface area contributed by atoms with E-state index in [9.17, 15) is 4.39 Å². The summed E-state index contributed by atoms with van der Waals surface area (Å²) < 4.78 is 14.5. The minimum Gasteiger partial charge on any atom is -0.323 e. The van der Waals surface area contributed by atoms with E-state index in [0.717, 1.165) is 4.90 Å². The molecular formula is C14H12BrClFNS. The fraction of sp³-hybridized carbons (Fsp3) is 0.143. The Hall–Kier alpha value is -0.550. The number of hydrogen-bond donors (Lipinski definition) is 1. The smallest absolute Gasteiger partial charge is 0.147 e. The molecule has 0 aliphatic carbocycles. The third-order valence-corrected chi connectivity index (χ3v) is 5.03. The van der Waals surface area contributed by atoms with E-state index in [1.54, 1.807) is 23.9 Å². The first kappa shape index (κ1) is 14.9. The van der Waals surface area contributed by atoms with Crippen LogP contribution in [0.25, 0.3) is 0 Å². The van der Waals surface area contributed by atoms with Gasteiger partial charge in [-0.2, -0.15) is 0 Å². The average molecular weight is 361 g/mol. The molecule has 2 aromatic rings. The maximum absolute atomic E-state index is 14.0. The second-order valence-corrected chi connectivity index (χ2v) is 6.32. The average Bonchev–Trinajstić information content (AvgIpc) is 2.43. The highest BCUT2D eigenvalue weighted by molar-refractivity contribution is 9.10. The minimum atomic E-state index is -0.447. The maximum Gasteiger partial charge on any atom is 0.147 e. The molecule has 0 bridgehead atoms. The molecule has 0 aromatic heterocycles. The van der Waals surface area contributed by atoms with Crippen LogP contribution in [0.1, 0.15) is 11.6 Å². The van der Waals surface area contributed by atoms with Gasteiger partial charge in [0.25, 0.3) is 0 Å². The lowest BCUT2D eigenvalue weighted by molar-refractivity contribution is 0.595. The number of hydrogen-bond acceptors (Lipinski definition) is 2. The van der Waals surface area contributed by atoms with Crippen LogP contribution in [-0.4, -0.2) is 5.75 Å². The van der Waals surface area contributed by atoms with Gasteiger partial charge in [0.15, 0.2) is 0 Å². The van der Waals surface area contributed by atoms with Crippen molar-refractivity contribution in [3.05, 3.63) is 63.3 Å². The Kier molecular flexibility index (Phi) is 5.28. The molecule has 2 aromatic carbocycles. The van der Waals surface area contributed by atoms with Crippen molar-refractivity contribution in [2.24, 2.45) is 5.73 Å². The Labute approximate surface area is 129 Å². The van der Waals surface area contributed by atoms with Crippen molar-refractivity contribution in [1.29, 1.82) is 0 Å². The molecule has 0 fully saturated rings. The molecule has 1 unspecified atom stereocenters. The number of rotatable bonds is 4. The second kappa shape index (κ2) is 6.75. The highest BCUT2D eigenvalue weighted by Crippen LogP contribution is 2.31. The molecule has 0 radical (unpaired) electrons. The van der Waals surface area contributed by atoms with Gasteiger partial charge in [-0.15, -0.1) is 11.8 Å². The molecule has 1 atom stereocenters. The van der Waals surface area contributed by atoms with Gasteiger partial charge in [0.1, 0.15) is 5.82 Å². The number of benzene rings is 2. The lowest BCUT2D eigenvalue weighted by Crippen LogP contribution is -2.15.